The monoisotopic (exact) mass is 167 g/mol. The molecule has 2 N–H and O–H groups in total. The van der Waals surface area contributed by atoms with E-state index in [0.717, 1.165) is 17.9 Å². The molecule has 0 saturated heterocycles. The van der Waals surface area contributed by atoms with Crippen LogP contribution in [0.4, 0.5) is 0 Å². The van der Waals surface area contributed by atoms with E-state index in [-0.39, 0.29) is 5.54 Å². The lowest BCUT2D eigenvalue weighted by Crippen LogP contribution is -2.36. The summed E-state index contributed by atoms with van der Waals surface area (Å²) in [6, 6.07) is 2.07. The molecular weight excluding hydrogens is 150 g/mol. The molecular formula is C9H17N3. The lowest BCUT2D eigenvalue weighted by molar-refractivity contribution is 0.403. The molecule has 1 aromatic heterocycles. The second-order valence-corrected chi connectivity index (χ2v) is 3.58. The fraction of sp³-hybridized carbons (Fsp3) is 0.667. The summed E-state index contributed by atoms with van der Waals surface area (Å²) in [5, 5.41) is 10.5. The Labute approximate surface area is 73.6 Å². The van der Waals surface area contributed by atoms with E-state index in [1.54, 1.807) is 0 Å². The smallest absolute Gasteiger partial charge is 0.0594 e. The van der Waals surface area contributed by atoms with Crippen molar-refractivity contribution < 1.29 is 0 Å². The Bertz CT molecular complexity index is 250. The number of rotatable bonds is 3. The van der Waals surface area contributed by atoms with Gasteiger partial charge >= 0.3 is 0 Å². The van der Waals surface area contributed by atoms with E-state index < -0.39 is 0 Å². The van der Waals surface area contributed by atoms with Gasteiger partial charge in [0.05, 0.1) is 16.9 Å². The van der Waals surface area contributed by atoms with Crippen molar-refractivity contribution in [2.45, 2.75) is 33.2 Å². The highest BCUT2D eigenvalue weighted by atomic mass is 15.1. The molecule has 68 valence electrons. The van der Waals surface area contributed by atoms with Crippen molar-refractivity contribution in [1.29, 1.82) is 0 Å². The van der Waals surface area contributed by atoms with Crippen molar-refractivity contribution in [3.05, 3.63) is 17.5 Å². The average molecular weight is 167 g/mol. The quantitative estimate of drug-likeness (QED) is 0.717. The zero-order valence-corrected chi connectivity index (χ0v) is 8.23. The summed E-state index contributed by atoms with van der Waals surface area (Å²) in [5.74, 6) is 0. The number of hydrogen-bond acceptors (Lipinski definition) is 2. The van der Waals surface area contributed by atoms with Gasteiger partial charge in [0, 0.05) is 0 Å². The van der Waals surface area contributed by atoms with Gasteiger partial charge in [0.2, 0.25) is 0 Å². The van der Waals surface area contributed by atoms with Gasteiger partial charge in [-0.05, 0) is 33.4 Å². The maximum atomic E-state index is 4.10. The second kappa shape index (κ2) is 3.27. The van der Waals surface area contributed by atoms with Crippen LogP contribution in [0, 0.1) is 6.92 Å². The first-order valence-electron chi connectivity index (χ1n) is 4.34. The molecule has 0 unspecified atom stereocenters. The van der Waals surface area contributed by atoms with Crippen LogP contribution in [-0.2, 0) is 5.54 Å². The van der Waals surface area contributed by atoms with Gasteiger partial charge in [0.1, 0.15) is 0 Å². The van der Waals surface area contributed by atoms with Gasteiger partial charge in [0.25, 0.3) is 0 Å². The summed E-state index contributed by atoms with van der Waals surface area (Å²) < 4.78 is 0. The third-order valence-corrected chi connectivity index (χ3v) is 2.00. The van der Waals surface area contributed by atoms with E-state index in [2.05, 4.69) is 42.4 Å². The Morgan fingerprint density at radius 3 is 2.67 bits per heavy atom. The molecule has 12 heavy (non-hydrogen) atoms. The van der Waals surface area contributed by atoms with E-state index in [1.807, 2.05) is 6.92 Å². The van der Waals surface area contributed by atoms with Gasteiger partial charge < -0.3 is 5.32 Å². The summed E-state index contributed by atoms with van der Waals surface area (Å²) in [6.45, 7) is 9.34. The molecule has 0 radical (unpaired) electrons. The number of nitrogens with one attached hydrogen (secondary N) is 2. The van der Waals surface area contributed by atoms with Crippen molar-refractivity contribution >= 4 is 0 Å². The van der Waals surface area contributed by atoms with Crippen LogP contribution in [0.15, 0.2) is 6.07 Å². The van der Waals surface area contributed by atoms with Crippen molar-refractivity contribution in [3.8, 4) is 0 Å². The minimum absolute atomic E-state index is 0.00396. The lowest BCUT2D eigenvalue weighted by atomic mass is 10.0. The predicted molar refractivity (Wildman–Crippen MR) is 50.0 cm³/mol. The molecule has 0 aliphatic heterocycles. The molecule has 0 aliphatic rings. The first kappa shape index (κ1) is 9.26. The standard InChI is InChI=1S/C9H17N3/c1-5-10-9(3,4)8-6-7(2)11-12-8/h6,10H,5H2,1-4H3,(H,11,12). The van der Waals surface area contributed by atoms with Gasteiger partial charge in [-0.15, -0.1) is 0 Å². The Hall–Kier alpha value is -0.830. The molecule has 0 fully saturated rings. The second-order valence-electron chi connectivity index (χ2n) is 3.58. The molecule has 0 aromatic carbocycles. The normalized spacial score (nSPS) is 12.0. The predicted octanol–water partition coefficient (Wildman–Crippen LogP) is 1.56. The molecule has 0 aliphatic carbocycles. The van der Waals surface area contributed by atoms with Crippen molar-refractivity contribution in [1.82, 2.24) is 15.5 Å². The van der Waals surface area contributed by atoms with Gasteiger partial charge in [-0.25, -0.2) is 0 Å². The van der Waals surface area contributed by atoms with E-state index in [0.29, 0.717) is 0 Å². The molecule has 1 aromatic rings. The third kappa shape index (κ3) is 1.85. The number of nitrogens with zero attached hydrogens (tertiary/aromatic N) is 1. The molecule has 3 heteroatoms. The Kier molecular flexibility index (Phi) is 2.52. The number of aromatic nitrogens is 2. The highest BCUT2D eigenvalue weighted by Gasteiger charge is 2.20. The molecule has 0 amide bonds. The summed E-state index contributed by atoms with van der Waals surface area (Å²) in [7, 11) is 0. The number of aromatic amines is 1. The zero-order chi connectivity index (χ0) is 9.19. The van der Waals surface area contributed by atoms with E-state index in [9.17, 15) is 0 Å². The molecule has 0 saturated carbocycles. The van der Waals surface area contributed by atoms with Crippen molar-refractivity contribution in [3.63, 3.8) is 0 Å². The number of H-pyrrole nitrogens is 1. The minimum atomic E-state index is -0.00396. The molecule has 0 spiro atoms. The van der Waals surface area contributed by atoms with Gasteiger partial charge in [-0.1, -0.05) is 6.92 Å². The number of aryl methyl sites for hydroxylation is 1. The first-order chi connectivity index (χ1) is 5.56. The zero-order valence-electron chi connectivity index (χ0n) is 8.23. The van der Waals surface area contributed by atoms with Crippen LogP contribution in [0.3, 0.4) is 0 Å². The van der Waals surface area contributed by atoms with Crippen molar-refractivity contribution in [2.75, 3.05) is 6.54 Å². The highest BCUT2D eigenvalue weighted by Crippen LogP contribution is 2.17. The maximum Gasteiger partial charge on any atom is 0.0594 e. The van der Waals surface area contributed by atoms with E-state index >= 15 is 0 Å². The fourth-order valence-corrected chi connectivity index (χ4v) is 1.28. The minimum Gasteiger partial charge on any atom is -0.307 e. The van der Waals surface area contributed by atoms with Crippen LogP contribution in [0.5, 0.6) is 0 Å². The summed E-state index contributed by atoms with van der Waals surface area (Å²) >= 11 is 0. The summed E-state index contributed by atoms with van der Waals surface area (Å²) in [4.78, 5) is 0. The van der Waals surface area contributed by atoms with Gasteiger partial charge in [0.15, 0.2) is 0 Å². The van der Waals surface area contributed by atoms with Gasteiger partial charge in [-0.2, -0.15) is 5.10 Å². The largest absolute Gasteiger partial charge is 0.307 e. The van der Waals surface area contributed by atoms with Crippen molar-refractivity contribution in [2.24, 2.45) is 0 Å². The fourth-order valence-electron chi connectivity index (χ4n) is 1.28. The average Bonchev–Trinajstić information content (AvgIpc) is 2.36. The molecule has 3 nitrogen and oxygen atoms in total. The SMILES string of the molecule is CCNC(C)(C)c1cc(C)n[nH]1. The topological polar surface area (TPSA) is 40.7 Å². The van der Waals surface area contributed by atoms with Crippen LogP contribution in [0.1, 0.15) is 32.2 Å². The van der Waals surface area contributed by atoms with Crippen LogP contribution >= 0.6 is 0 Å². The number of hydrogen-bond donors (Lipinski definition) is 2. The maximum absolute atomic E-state index is 4.10. The molecule has 0 atom stereocenters. The summed E-state index contributed by atoms with van der Waals surface area (Å²) in [5.41, 5.74) is 2.17. The van der Waals surface area contributed by atoms with Crippen LogP contribution in [0.25, 0.3) is 0 Å². The Balaban J connectivity index is 2.81. The van der Waals surface area contributed by atoms with Gasteiger partial charge in [-0.3, -0.25) is 5.10 Å². The molecule has 0 bridgehead atoms. The summed E-state index contributed by atoms with van der Waals surface area (Å²) in [6.07, 6.45) is 0. The third-order valence-electron chi connectivity index (χ3n) is 2.00. The van der Waals surface area contributed by atoms with Crippen LogP contribution in [0.2, 0.25) is 0 Å². The Morgan fingerprint density at radius 2 is 2.25 bits per heavy atom. The highest BCUT2D eigenvalue weighted by molar-refractivity contribution is 5.15. The van der Waals surface area contributed by atoms with Crippen LogP contribution < -0.4 is 5.32 Å². The Morgan fingerprint density at radius 1 is 1.58 bits per heavy atom. The lowest BCUT2D eigenvalue weighted by Gasteiger charge is -2.23. The first-order valence-corrected chi connectivity index (χ1v) is 4.34. The van der Waals surface area contributed by atoms with Crippen LogP contribution in [-0.4, -0.2) is 16.7 Å². The van der Waals surface area contributed by atoms with E-state index in [4.69, 9.17) is 0 Å². The molecule has 1 heterocycles. The molecule has 1 rings (SSSR count). The van der Waals surface area contributed by atoms with E-state index in [1.165, 1.54) is 0 Å².